The van der Waals surface area contributed by atoms with Crippen molar-refractivity contribution in [1.29, 1.82) is 10.7 Å². The summed E-state index contributed by atoms with van der Waals surface area (Å²) >= 11 is 15.8. The highest BCUT2D eigenvalue weighted by Crippen LogP contribution is 2.47. The minimum atomic E-state index is -0.782. The Morgan fingerprint density at radius 2 is 1.96 bits per heavy atom. The Hall–Kier alpha value is -2.33. The second kappa shape index (κ2) is 7.01. The molecule has 0 spiro atoms. The number of fused-ring (bicyclic) bond motifs is 1. The van der Waals surface area contributed by atoms with Gasteiger partial charge in [0.2, 0.25) is 11.8 Å². The van der Waals surface area contributed by atoms with E-state index >= 15 is 0 Å². The lowest BCUT2D eigenvalue weighted by Crippen LogP contribution is -2.31. The van der Waals surface area contributed by atoms with Crippen LogP contribution in [0.5, 0.6) is 5.88 Å². The summed E-state index contributed by atoms with van der Waals surface area (Å²) in [6.45, 7) is 0. The zero-order valence-electron chi connectivity index (χ0n) is 13.6. The lowest BCUT2D eigenvalue weighted by Gasteiger charge is -2.28. The van der Waals surface area contributed by atoms with E-state index in [0.29, 0.717) is 21.3 Å². The maximum Gasteiger partial charge on any atom is 0.244 e. The Morgan fingerprint density at radius 1 is 1.19 bits per heavy atom. The molecule has 2 heterocycles. The number of nitrogens with one attached hydrogen (secondary N) is 2. The molecule has 2 unspecified atom stereocenters. The van der Waals surface area contributed by atoms with Crippen molar-refractivity contribution >= 4 is 45.0 Å². The third-order valence-corrected chi connectivity index (χ3v) is 5.95. The maximum atomic E-state index is 9.73. The normalized spacial score (nSPS) is 18.5. The summed E-state index contributed by atoms with van der Waals surface area (Å²) in [7, 11) is 0. The van der Waals surface area contributed by atoms with Crippen molar-refractivity contribution in [3.63, 3.8) is 0 Å². The molecule has 1 aliphatic heterocycles. The highest BCUT2D eigenvalue weighted by molar-refractivity contribution is 9.10. The standard InChI is InChI=1S/C19H11BrCl2N4O/c20-12-4-2-1-3-10(12)15-11(8-23)18(24)27-19-16(15)17(25-26-19)9-5-6-13(21)14(22)7-9/h1-7,11,15,24H,(H,25,26). The molecular formula is C19H11BrCl2N4O. The Labute approximate surface area is 173 Å². The summed E-state index contributed by atoms with van der Waals surface area (Å²) in [6, 6.07) is 15.1. The predicted molar refractivity (Wildman–Crippen MR) is 107 cm³/mol. The molecule has 0 saturated heterocycles. The van der Waals surface area contributed by atoms with E-state index in [1.54, 1.807) is 12.1 Å². The van der Waals surface area contributed by atoms with E-state index in [9.17, 15) is 5.26 Å². The summed E-state index contributed by atoms with van der Waals surface area (Å²) in [6.07, 6.45) is 0. The number of aromatic nitrogens is 2. The molecule has 3 aromatic rings. The molecule has 1 aromatic heterocycles. The zero-order chi connectivity index (χ0) is 19.1. The van der Waals surface area contributed by atoms with Gasteiger partial charge < -0.3 is 4.74 Å². The van der Waals surface area contributed by atoms with Crippen LogP contribution in [0.15, 0.2) is 46.9 Å². The van der Waals surface area contributed by atoms with Crippen LogP contribution in [0.2, 0.25) is 10.0 Å². The summed E-state index contributed by atoms with van der Waals surface area (Å²) in [5, 5.41) is 25.9. The van der Waals surface area contributed by atoms with Crippen LogP contribution >= 0.6 is 39.1 Å². The molecule has 0 radical (unpaired) electrons. The van der Waals surface area contributed by atoms with Crippen LogP contribution in [0.1, 0.15) is 17.0 Å². The van der Waals surface area contributed by atoms with Crippen molar-refractivity contribution in [2.24, 2.45) is 5.92 Å². The average Bonchev–Trinajstić information content (AvgIpc) is 3.07. The Bertz CT molecular complexity index is 1110. The SMILES string of the molecule is N#CC1C(=N)Oc2n[nH]c(-c3ccc(Cl)c(Cl)c3)c2C1c1ccccc1Br. The molecule has 5 nitrogen and oxygen atoms in total. The quantitative estimate of drug-likeness (QED) is 0.506. The van der Waals surface area contributed by atoms with Crippen LogP contribution in [-0.4, -0.2) is 16.1 Å². The van der Waals surface area contributed by atoms with Gasteiger partial charge in [-0.3, -0.25) is 10.5 Å². The number of hydrogen-bond donors (Lipinski definition) is 2. The van der Waals surface area contributed by atoms with Gasteiger partial charge in [0.05, 0.1) is 27.4 Å². The monoisotopic (exact) mass is 460 g/mol. The summed E-state index contributed by atoms with van der Waals surface area (Å²) in [5.74, 6) is -1.05. The van der Waals surface area contributed by atoms with Gasteiger partial charge in [0, 0.05) is 16.0 Å². The largest absolute Gasteiger partial charge is 0.422 e. The topological polar surface area (TPSA) is 85.6 Å². The molecule has 1 aliphatic rings. The molecule has 0 amide bonds. The van der Waals surface area contributed by atoms with Crippen LogP contribution in [0.4, 0.5) is 0 Å². The van der Waals surface area contributed by atoms with Crippen molar-refractivity contribution in [3.8, 4) is 23.2 Å². The van der Waals surface area contributed by atoms with E-state index < -0.39 is 11.8 Å². The van der Waals surface area contributed by atoms with E-state index in [-0.39, 0.29) is 11.8 Å². The first-order valence-electron chi connectivity index (χ1n) is 7.95. The Kier molecular flexibility index (Phi) is 4.68. The molecule has 0 bridgehead atoms. The van der Waals surface area contributed by atoms with Crippen molar-refractivity contribution in [2.45, 2.75) is 5.92 Å². The maximum absolute atomic E-state index is 9.73. The van der Waals surface area contributed by atoms with Gasteiger partial charge in [0.1, 0.15) is 5.92 Å². The van der Waals surface area contributed by atoms with Gasteiger partial charge in [-0.15, -0.1) is 5.10 Å². The molecule has 134 valence electrons. The number of rotatable bonds is 2. The van der Waals surface area contributed by atoms with Crippen molar-refractivity contribution < 1.29 is 4.74 Å². The molecular weight excluding hydrogens is 451 g/mol. The van der Waals surface area contributed by atoms with E-state index in [2.05, 4.69) is 32.2 Å². The first-order valence-corrected chi connectivity index (χ1v) is 9.50. The zero-order valence-corrected chi connectivity index (χ0v) is 16.7. The lowest BCUT2D eigenvalue weighted by atomic mass is 9.79. The summed E-state index contributed by atoms with van der Waals surface area (Å²) < 4.78 is 6.37. The number of halogens is 3. The van der Waals surface area contributed by atoms with Crippen LogP contribution in [0.25, 0.3) is 11.3 Å². The third-order valence-electron chi connectivity index (χ3n) is 4.49. The second-order valence-electron chi connectivity index (χ2n) is 6.02. The molecule has 27 heavy (non-hydrogen) atoms. The van der Waals surface area contributed by atoms with E-state index in [1.165, 1.54) is 0 Å². The molecule has 0 saturated carbocycles. The van der Waals surface area contributed by atoms with Gasteiger partial charge in [-0.25, -0.2) is 0 Å². The minimum Gasteiger partial charge on any atom is -0.422 e. The van der Waals surface area contributed by atoms with Crippen molar-refractivity contribution in [3.05, 3.63) is 68.1 Å². The summed E-state index contributed by atoms with van der Waals surface area (Å²) in [4.78, 5) is 0. The molecule has 2 aromatic carbocycles. The highest BCUT2D eigenvalue weighted by atomic mass is 79.9. The van der Waals surface area contributed by atoms with Gasteiger partial charge in [0.15, 0.2) is 0 Å². The molecule has 2 atom stereocenters. The van der Waals surface area contributed by atoms with Crippen molar-refractivity contribution in [1.82, 2.24) is 10.2 Å². The van der Waals surface area contributed by atoms with E-state index in [1.807, 2.05) is 30.3 Å². The number of aromatic amines is 1. The molecule has 8 heteroatoms. The van der Waals surface area contributed by atoms with Crippen LogP contribution in [0, 0.1) is 22.7 Å². The third kappa shape index (κ3) is 3.02. The smallest absolute Gasteiger partial charge is 0.244 e. The van der Waals surface area contributed by atoms with Gasteiger partial charge in [-0.1, -0.05) is 63.4 Å². The molecule has 0 aliphatic carbocycles. The lowest BCUT2D eigenvalue weighted by molar-refractivity contribution is 0.437. The fraction of sp³-hybridized carbons (Fsp3) is 0.105. The Morgan fingerprint density at radius 3 is 2.67 bits per heavy atom. The fourth-order valence-electron chi connectivity index (χ4n) is 3.25. The van der Waals surface area contributed by atoms with Crippen LogP contribution in [-0.2, 0) is 0 Å². The average molecular weight is 462 g/mol. The first kappa shape index (κ1) is 18.1. The van der Waals surface area contributed by atoms with E-state index in [0.717, 1.165) is 15.6 Å². The molecule has 0 fully saturated rings. The second-order valence-corrected chi connectivity index (χ2v) is 7.69. The summed E-state index contributed by atoms with van der Waals surface area (Å²) in [5.41, 5.74) is 3.03. The first-order chi connectivity index (χ1) is 13.0. The number of hydrogen-bond acceptors (Lipinski definition) is 4. The minimum absolute atomic E-state index is 0.127. The number of benzene rings is 2. The fourth-order valence-corrected chi connectivity index (χ4v) is 4.08. The Balaban J connectivity index is 1.97. The predicted octanol–water partition coefficient (Wildman–Crippen LogP) is 5.79. The van der Waals surface area contributed by atoms with Gasteiger partial charge >= 0.3 is 0 Å². The molecule has 2 N–H and O–H groups in total. The van der Waals surface area contributed by atoms with Crippen molar-refractivity contribution in [2.75, 3.05) is 0 Å². The van der Waals surface area contributed by atoms with Gasteiger partial charge in [-0.05, 0) is 23.8 Å². The highest BCUT2D eigenvalue weighted by Gasteiger charge is 2.41. The van der Waals surface area contributed by atoms with Gasteiger partial charge in [-0.2, -0.15) is 5.26 Å². The number of nitrogens with zero attached hydrogens (tertiary/aromatic N) is 2. The van der Waals surface area contributed by atoms with Crippen LogP contribution in [0.3, 0.4) is 0 Å². The van der Waals surface area contributed by atoms with Crippen LogP contribution < -0.4 is 4.74 Å². The van der Waals surface area contributed by atoms with E-state index in [4.69, 9.17) is 33.3 Å². The van der Waals surface area contributed by atoms with Gasteiger partial charge in [0.25, 0.3) is 0 Å². The molecule has 4 rings (SSSR count). The number of nitriles is 1. The number of H-pyrrole nitrogens is 1. The number of ether oxygens (including phenoxy) is 1.